The zero-order valence-electron chi connectivity index (χ0n) is 31.1. The molecule has 0 aromatic heterocycles. The Kier molecular flexibility index (Phi) is 10.3. The minimum atomic E-state index is 0.0740. The molecular formula is C48H51N3. The van der Waals surface area contributed by atoms with Crippen LogP contribution in [-0.4, -0.2) is 34.7 Å². The molecule has 0 aliphatic carbocycles. The summed E-state index contributed by atoms with van der Waals surface area (Å²) in [5.41, 5.74) is 15.6. The second-order valence-corrected chi connectivity index (χ2v) is 14.9. The van der Waals surface area contributed by atoms with Crippen molar-refractivity contribution in [2.45, 2.75) is 59.7 Å². The van der Waals surface area contributed by atoms with Gasteiger partial charge in [0.15, 0.2) is 0 Å². The van der Waals surface area contributed by atoms with E-state index in [9.17, 15) is 0 Å². The van der Waals surface area contributed by atoms with E-state index in [1.54, 1.807) is 0 Å². The van der Waals surface area contributed by atoms with E-state index in [0.29, 0.717) is 0 Å². The zero-order valence-corrected chi connectivity index (χ0v) is 31.1. The topological polar surface area (TPSA) is 9.72 Å². The van der Waals surface area contributed by atoms with Crippen LogP contribution < -0.4 is 0 Å². The molecule has 1 fully saturated rings. The molecule has 0 bridgehead atoms. The summed E-state index contributed by atoms with van der Waals surface area (Å²) in [6, 6.07) is 55.4. The van der Waals surface area contributed by atoms with E-state index in [1.807, 2.05) is 0 Å². The Morgan fingerprint density at radius 3 is 0.529 bits per heavy atom. The van der Waals surface area contributed by atoms with E-state index in [1.165, 1.54) is 66.8 Å². The van der Waals surface area contributed by atoms with Gasteiger partial charge in [0, 0.05) is 0 Å². The highest BCUT2D eigenvalue weighted by Crippen LogP contribution is 2.40. The Labute approximate surface area is 305 Å². The molecule has 3 heteroatoms. The van der Waals surface area contributed by atoms with E-state index < -0.39 is 0 Å². The Hall–Kier alpha value is -4.80. The van der Waals surface area contributed by atoms with Gasteiger partial charge >= 0.3 is 0 Å². The summed E-state index contributed by atoms with van der Waals surface area (Å²) in [6.07, 6.45) is 0. The van der Waals surface area contributed by atoms with Crippen LogP contribution >= 0.6 is 0 Å². The molecule has 0 unspecified atom stereocenters. The average Bonchev–Trinajstić information content (AvgIpc) is 3.13. The van der Waals surface area contributed by atoms with Crippen LogP contribution in [0.25, 0.3) is 0 Å². The van der Waals surface area contributed by atoms with Gasteiger partial charge in [-0.05, 0) is 74.9 Å². The first-order chi connectivity index (χ1) is 24.7. The fourth-order valence-electron chi connectivity index (χ4n) is 7.66. The third-order valence-corrected chi connectivity index (χ3v) is 10.5. The van der Waals surface area contributed by atoms with Gasteiger partial charge < -0.3 is 0 Å². The first-order valence-electron chi connectivity index (χ1n) is 18.3. The maximum Gasteiger partial charge on any atom is 0.0625 e. The maximum atomic E-state index is 2.70. The largest absolute Gasteiger partial charge is 0.266 e. The molecule has 0 amide bonds. The van der Waals surface area contributed by atoms with Crippen LogP contribution in [0.1, 0.15) is 84.9 Å². The Bertz CT molecular complexity index is 1630. The van der Waals surface area contributed by atoms with Crippen LogP contribution in [0.15, 0.2) is 146 Å². The van der Waals surface area contributed by atoms with Crippen LogP contribution in [0, 0.1) is 41.5 Å². The van der Waals surface area contributed by atoms with Crippen molar-refractivity contribution in [3.63, 3.8) is 0 Å². The van der Waals surface area contributed by atoms with Gasteiger partial charge in [-0.2, -0.15) is 0 Å². The summed E-state index contributed by atoms with van der Waals surface area (Å²) in [4.78, 5) is 8.09. The molecule has 0 spiro atoms. The van der Waals surface area contributed by atoms with Crippen LogP contribution in [0.5, 0.6) is 0 Å². The molecule has 7 rings (SSSR count). The third kappa shape index (κ3) is 7.92. The van der Waals surface area contributed by atoms with E-state index in [2.05, 4.69) is 202 Å². The van der Waals surface area contributed by atoms with Crippen molar-refractivity contribution in [2.75, 3.05) is 20.0 Å². The van der Waals surface area contributed by atoms with Crippen LogP contribution in [0.4, 0.5) is 0 Å². The Morgan fingerprint density at radius 2 is 0.392 bits per heavy atom. The summed E-state index contributed by atoms with van der Waals surface area (Å²) < 4.78 is 0. The van der Waals surface area contributed by atoms with Gasteiger partial charge in [-0.1, -0.05) is 179 Å². The normalized spacial score (nSPS) is 14.5. The first-order valence-corrected chi connectivity index (χ1v) is 18.3. The fraction of sp³-hybridized carbons (Fsp3) is 0.250. The Morgan fingerprint density at radius 1 is 0.255 bits per heavy atom. The summed E-state index contributed by atoms with van der Waals surface area (Å²) in [6.45, 7) is 15.5. The van der Waals surface area contributed by atoms with Crippen molar-refractivity contribution < 1.29 is 0 Å². The average molecular weight is 670 g/mol. The Balaban J connectivity index is 1.41. The van der Waals surface area contributed by atoms with Gasteiger partial charge in [0.2, 0.25) is 0 Å². The van der Waals surface area contributed by atoms with E-state index >= 15 is 0 Å². The molecule has 0 saturated carbocycles. The van der Waals surface area contributed by atoms with Crippen LogP contribution in [-0.2, 0) is 0 Å². The smallest absolute Gasteiger partial charge is 0.0625 e. The molecule has 6 aromatic carbocycles. The predicted octanol–water partition coefficient (Wildman–Crippen LogP) is 11.0. The lowest BCUT2D eigenvalue weighted by Gasteiger charge is -2.50. The summed E-state index contributed by atoms with van der Waals surface area (Å²) in [5.74, 6) is 0. The van der Waals surface area contributed by atoms with Crippen molar-refractivity contribution >= 4 is 0 Å². The van der Waals surface area contributed by atoms with Gasteiger partial charge in [0.25, 0.3) is 0 Å². The van der Waals surface area contributed by atoms with Gasteiger partial charge in [0.05, 0.1) is 38.1 Å². The number of rotatable bonds is 9. The molecule has 0 atom stereocenters. The van der Waals surface area contributed by atoms with Crippen molar-refractivity contribution in [2.24, 2.45) is 0 Å². The van der Waals surface area contributed by atoms with Crippen molar-refractivity contribution in [3.05, 3.63) is 212 Å². The molecule has 0 N–H and O–H groups in total. The first kappa shape index (κ1) is 34.6. The maximum absolute atomic E-state index is 2.70. The van der Waals surface area contributed by atoms with Gasteiger partial charge in [0.1, 0.15) is 0 Å². The highest BCUT2D eigenvalue weighted by molar-refractivity contribution is 5.39. The highest BCUT2D eigenvalue weighted by atomic mass is 15.5. The summed E-state index contributed by atoms with van der Waals surface area (Å²) in [5, 5.41) is 0. The molecule has 1 heterocycles. The monoisotopic (exact) mass is 669 g/mol. The molecule has 51 heavy (non-hydrogen) atoms. The molecule has 258 valence electrons. The van der Waals surface area contributed by atoms with Crippen molar-refractivity contribution in [3.8, 4) is 0 Å². The number of nitrogens with zero attached hydrogens (tertiary/aromatic N) is 3. The number of aryl methyl sites for hydroxylation is 6. The molecule has 1 aliphatic heterocycles. The summed E-state index contributed by atoms with van der Waals surface area (Å²) >= 11 is 0. The van der Waals surface area contributed by atoms with Gasteiger partial charge in [-0.15, -0.1) is 0 Å². The molecule has 1 saturated heterocycles. The second kappa shape index (κ2) is 15.2. The number of hydrogen-bond donors (Lipinski definition) is 0. The lowest BCUT2D eigenvalue weighted by atomic mass is 9.93. The van der Waals surface area contributed by atoms with Crippen molar-refractivity contribution in [1.29, 1.82) is 0 Å². The van der Waals surface area contributed by atoms with E-state index in [0.717, 1.165) is 20.0 Å². The fourth-order valence-corrected chi connectivity index (χ4v) is 7.66. The zero-order chi connectivity index (χ0) is 35.5. The lowest BCUT2D eigenvalue weighted by molar-refractivity contribution is -0.0704. The standard InChI is InChI=1S/C48H51N3/c1-34-7-19-40(20-8-34)46(41-21-9-35(2)10-22-41)49-31-50(47(42-23-11-36(3)12-24-42)43-25-13-37(4)14-26-43)33-51(32-49)48(44-27-15-38(5)16-28-44)45-29-17-39(6)18-30-45/h7-30,46-48H,31-33H2,1-6H3. The molecule has 1 aliphatic rings. The highest BCUT2D eigenvalue weighted by Gasteiger charge is 2.38. The minimum absolute atomic E-state index is 0.0740. The van der Waals surface area contributed by atoms with E-state index in [4.69, 9.17) is 0 Å². The van der Waals surface area contributed by atoms with Gasteiger partial charge in [-0.3, -0.25) is 14.7 Å². The van der Waals surface area contributed by atoms with E-state index in [-0.39, 0.29) is 18.1 Å². The number of benzene rings is 6. The summed E-state index contributed by atoms with van der Waals surface area (Å²) in [7, 11) is 0. The van der Waals surface area contributed by atoms with Crippen LogP contribution in [0.3, 0.4) is 0 Å². The van der Waals surface area contributed by atoms with Gasteiger partial charge in [-0.25, -0.2) is 0 Å². The SMILES string of the molecule is Cc1ccc(C(c2ccc(C)cc2)N2CN(C(c3ccc(C)cc3)c3ccc(C)cc3)CN(C(c3ccc(C)cc3)c3ccc(C)cc3)C2)cc1. The third-order valence-electron chi connectivity index (χ3n) is 10.5. The lowest BCUT2D eigenvalue weighted by Crippen LogP contribution is -2.57. The minimum Gasteiger partial charge on any atom is -0.266 e. The predicted molar refractivity (Wildman–Crippen MR) is 213 cm³/mol. The second-order valence-electron chi connectivity index (χ2n) is 14.9. The van der Waals surface area contributed by atoms with Crippen molar-refractivity contribution in [1.82, 2.24) is 14.7 Å². The molecule has 3 nitrogen and oxygen atoms in total. The number of hydrogen-bond acceptors (Lipinski definition) is 3. The molecule has 6 aromatic rings. The molecule has 0 radical (unpaired) electrons. The quantitative estimate of drug-likeness (QED) is 0.152. The van der Waals surface area contributed by atoms with Crippen LogP contribution in [0.2, 0.25) is 0 Å². The molecular weight excluding hydrogens is 619 g/mol.